The molecule has 0 fully saturated rings. The lowest BCUT2D eigenvalue weighted by Gasteiger charge is -1.89. The Morgan fingerprint density at radius 3 is 3.00 bits per heavy atom. The second-order valence-corrected chi connectivity index (χ2v) is 1.54. The zero-order chi connectivity index (χ0) is 6.69. The van der Waals surface area contributed by atoms with E-state index in [2.05, 4.69) is 9.97 Å². The maximum absolute atomic E-state index is 10.4. The fourth-order valence-electron chi connectivity index (χ4n) is 0.491. The summed E-state index contributed by atoms with van der Waals surface area (Å²) < 4.78 is 0. The zero-order valence-corrected chi connectivity index (χ0v) is 4.66. The molecule has 0 radical (unpaired) electrons. The maximum atomic E-state index is 10.4. The summed E-state index contributed by atoms with van der Waals surface area (Å²) in [6.07, 6.45) is 1.35. The number of H-pyrrole nitrogens is 1. The predicted octanol–water partition coefficient (Wildman–Crippen LogP) is -0.738. The highest BCUT2D eigenvalue weighted by atomic mass is 16.3. The molecule has 0 aliphatic carbocycles. The molecule has 0 aromatic carbocycles. The van der Waals surface area contributed by atoms with Gasteiger partial charge in [-0.05, 0) is 0 Å². The van der Waals surface area contributed by atoms with Crippen molar-refractivity contribution in [3.8, 4) is 0 Å². The molecule has 1 aromatic heterocycles. The van der Waals surface area contributed by atoms with Gasteiger partial charge in [-0.1, -0.05) is 0 Å². The van der Waals surface area contributed by atoms with Crippen molar-refractivity contribution >= 4 is 0 Å². The molecule has 0 aliphatic heterocycles. The predicted molar refractivity (Wildman–Crippen MR) is 30.8 cm³/mol. The average Bonchev–Trinajstić information content (AvgIpc) is 1.88. The highest BCUT2D eigenvalue weighted by Crippen LogP contribution is 1.78. The Morgan fingerprint density at radius 2 is 2.56 bits per heavy atom. The average molecular weight is 126 g/mol. The van der Waals surface area contributed by atoms with E-state index in [4.69, 9.17) is 5.11 Å². The van der Waals surface area contributed by atoms with E-state index in [1.807, 2.05) is 0 Å². The van der Waals surface area contributed by atoms with Gasteiger partial charge < -0.3 is 10.1 Å². The first-order chi connectivity index (χ1) is 4.33. The van der Waals surface area contributed by atoms with Crippen LogP contribution in [0.4, 0.5) is 0 Å². The molecule has 4 heteroatoms. The number of rotatable bonds is 1. The van der Waals surface area contributed by atoms with Crippen LogP contribution in [0.2, 0.25) is 0 Å². The third kappa shape index (κ3) is 1.36. The van der Waals surface area contributed by atoms with Crippen LogP contribution in [0.25, 0.3) is 0 Å². The van der Waals surface area contributed by atoms with Crippen molar-refractivity contribution in [1.82, 2.24) is 9.97 Å². The molecule has 1 rings (SSSR count). The fraction of sp³-hybridized carbons (Fsp3) is 0.200. The second kappa shape index (κ2) is 2.41. The first kappa shape index (κ1) is 5.97. The van der Waals surface area contributed by atoms with Crippen molar-refractivity contribution in [2.24, 2.45) is 0 Å². The number of aliphatic hydroxyl groups is 1. The molecule has 0 amide bonds. The minimum atomic E-state index is -0.242. The summed E-state index contributed by atoms with van der Waals surface area (Å²) in [7, 11) is 0. The molecular weight excluding hydrogens is 120 g/mol. The van der Waals surface area contributed by atoms with Gasteiger partial charge in [0.2, 0.25) is 0 Å². The van der Waals surface area contributed by atoms with Crippen molar-refractivity contribution < 1.29 is 5.11 Å². The van der Waals surface area contributed by atoms with Crippen LogP contribution in [0.5, 0.6) is 0 Å². The van der Waals surface area contributed by atoms with Crippen molar-refractivity contribution in [3.63, 3.8) is 0 Å². The number of nitrogens with one attached hydrogen (secondary N) is 1. The van der Waals surface area contributed by atoms with Gasteiger partial charge in [0.1, 0.15) is 12.4 Å². The maximum Gasteiger partial charge on any atom is 0.250 e. The summed E-state index contributed by atoms with van der Waals surface area (Å²) in [5.41, 5.74) is -0.242. The summed E-state index contributed by atoms with van der Waals surface area (Å²) >= 11 is 0. The van der Waals surface area contributed by atoms with Crippen LogP contribution in [-0.4, -0.2) is 15.1 Å². The van der Waals surface area contributed by atoms with E-state index in [-0.39, 0.29) is 12.2 Å². The van der Waals surface area contributed by atoms with E-state index in [1.165, 1.54) is 12.3 Å². The van der Waals surface area contributed by atoms with Gasteiger partial charge in [0.15, 0.2) is 0 Å². The molecule has 0 saturated heterocycles. The Morgan fingerprint density at radius 1 is 1.78 bits per heavy atom. The highest BCUT2D eigenvalue weighted by molar-refractivity contribution is 4.86. The fourth-order valence-corrected chi connectivity index (χ4v) is 0.491. The van der Waals surface area contributed by atoms with Crippen molar-refractivity contribution in [3.05, 3.63) is 28.4 Å². The van der Waals surface area contributed by atoms with Crippen LogP contribution < -0.4 is 5.56 Å². The van der Waals surface area contributed by atoms with Crippen LogP contribution in [0.3, 0.4) is 0 Å². The van der Waals surface area contributed by atoms with Gasteiger partial charge in [0, 0.05) is 12.3 Å². The van der Waals surface area contributed by atoms with E-state index in [0.717, 1.165) is 0 Å². The standard InChI is InChI=1S/C5H6N2O2/c8-3-4-6-2-1-5(9)7-4/h1-2,8H,3H2,(H,6,7,9). The van der Waals surface area contributed by atoms with E-state index in [0.29, 0.717) is 5.82 Å². The van der Waals surface area contributed by atoms with E-state index >= 15 is 0 Å². The smallest absolute Gasteiger partial charge is 0.250 e. The quantitative estimate of drug-likeness (QED) is 0.521. The van der Waals surface area contributed by atoms with Gasteiger partial charge >= 0.3 is 0 Å². The Hall–Kier alpha value is -1.16. The monoisotopic (exact) mass is 126 g/mol. The molecular formula is C5H6N2O2. The minimum absolute atomic E-state index is 0.226. The number of aromatic nitrogens is 2. The first-order valence-corrected chi connectivity index (χ1v) is 2.48. The van der Waals surface area contributed by atoms with Crippen molar-refractivity contribution in [1.29, 1.82) is 0 Å². The van der Waals surface area contributed by atoms with Crippen LogP contribution in [0.1, 0.15) is 5.82 Å². The Labute approximate surface area is 51.2 Å². The third-order valence-electron chi connectivity index (χ3n) is 0.874. The number of aliphatic hydroxyl groups excluding tert-OH is 1. The number of hydrogen-bond acceptors (Lipinski definition) is 3. The van der Waals surface area contributed by atoms with Gasteiger partial charge in [0.25, 0.3) is 5.56 Å². The SMILES string of the molecule is O=c1ccnc(CO)[nH]1. The normalized spacial score (nSPS) is 9.44. The molecule has 0 spiro atoms. The summed E-state index contributed by atoms with van der Waals surface area (Å²) in [6, 6.07) is 1.29. The Bertz CT molecular complexity index is 243. The highest BCUT2D eigenvalue weighted by Gasteiger charge is 1.87. The lowest BCUT2D eigenvalue weighted by atomic mass is 10.6. The Kier molecular flexibility index (Phi) is 1.60. The van der Waals surface area contributed by atoms with Gasteiger partial charge in [-0.2, -0.15) is 0 Å². The van der Waals surface area contributed by atoms with Gasteiger partial charge in [-0.3, -0.25) is 4.79 Å². The molecule has 0 saturated carbocycles. The molecule has 9 heavy (non-hydrogen) atoms. The molecule has 0 aliphatic rings. The lowest BCUT2D eigenvalue weighted by Crippen LogP contribution is -2.08. The molecule has 0 atom stereocenters. The van der Waals surface area contributed by atoms with E-state index in [9.17, 15) is 4.79 Å². The van der Waals surface area contributed by atoms with Crippen LogP contribution in [0.15, 0.2) is 17.1 Å². The minimum Gasteiger partial charge on any atom is -0.388 e. The van der Waals surface area contributed by atoms with Crippen LogP contribution in [-0.2, 0) is 6.61 Å². The molecule has 48 valence electrons. The summed E-state index contributed by atoms with van der Waals surface area (Å²) in [5.74, 6) is 0.294. The number of hydrogen-bond donors (Lipinski definition) is 2. The summed E-state index contributed by atoms with van der Waals surface area (Å²) in [6.45, 7) is -0.226. The molecule has 1 heterocycles. The summed E-state index contributed by atoms with van der Waals surface area (Å²) in [4.78, 5) is 16.4. The third-order valence-corrected chi connectivity index (χ3v) is 0.874. The zero-order valence-electron chi connectivity index (χ0n) is 4.66. The van der Waals surface area contributed by atoms with Gasteiger partial charge in [0.05, 0.1) is 0 Å². The Balaban J connectivity index is 3.08. The molecule has 0 unspecified atom stereocenters. The lowest BCUT2D eigenvalue weighted by molar-refractivity contribution is 0.271. The molecule has 2 N–H and O–H groups in total. The van der Waals surface area contributed by atoms with E-state index in [1.54, 1.807) is 0 Å². The molecule has 4 nitrogen and oxygen atoms in total. The topological polar surface area (TPSA) is 66.0 Å². The van der Waals surface area contributed by atoms with E-state index < -0.39 is 0 Å². The van der Waals surface area contributed by atoms with Crippen molar-refractivity contribution in [2.75, 3.05) is 0 Å². The van der Waals surface area contributed by atoms with Gasteiger partial charge in [-0.15, -0.1) is 0 Å². The number of nitrogens with zero attached hydrogens (tertiary/aromatic N) is 1. The summed E-state index contributed by atoms with van der Waals surface area (Å²) in [5, 5.41) is 8.43. The van der Waals surface area contributed by atoms with Gasteiger partial charge in [-0.25, -0.2) is 4.98 Å². The first-order valence-electron chi connectivity index (χ1n) is 2.48. The largest absolute Gasteiger partial charge is 0.388 e. The van der Waals surface area contributed by atoms with Crippen LogP contribution in [0, 0.1) is 0 Å². The molecule has 0 bridgehead atoms. The number of aromatic amines is 1. The molecule has 1 aromatic rings. The van der Waals surface area contributed by atoms with Crippen molar-refractivity contribution in [2.45, 2.75) is 6.61 Å². The van der Waals surface area contributed by atoms with Crippen LogP contribution >= 0.6 is 0 Å². The second-order valence-electron chi connectivity index (χ2n) is 1.54.